The van der Waals surface area contributed by atoms with E-state index in [4.69, 9.17) is 30.4 Å². The highest BCUT2D eigenvalue weighted by molar-refractivity contribution is 7.85. The molecule has 13 heteroatoms. The Bertz CT molecular complexity index is 1310. The number of amides is 1. The highest BCUT2D eigenvalue weighted by Crippen LogP contribution is 2.42. The van der Waals surface area contributed by atoms with Gasteiger partial charge in [0.15, 0.2) is 11.9 Å². The van der Waals surface area contributed by atoms with Crippen molar-refractivity contribution in [2.45, 2.75) is 38.5 Å². The Balaban J connectivity index is 1.97. The van der Waals surface area contributed by atoms with Crippen molar-refractivity contribution in [3.63, 3.8) is 0 Å². The van der Waals surface area contributed by atoms with E-state index in [9.17, 15) is 27.2 Å². The van der Waals surface area contributed by atoms with E-state index in [1.165, 1.54) is 19.1 Å². The second-order valence-electron chi connectivity index (χ2n) is 8.52. The van der Waals surface area contributed by atoms with Gasteiger partial charge in [0.05, 0.1) is 11.1 Å². The molecule has 2 aromatic carbocycles. The van der Waals surface area contributed by atoms with Crippen molar-refractivity contribution >= 4 is 39.6 Å². The number of halogens is 2. The van der Waals surface area contributed by atoms with Crippen LogP contribution in [0.25, 0.3) is 0 Å². The minimum atomic E-state index is -4.38. The monoisotopic (exact) mass is 543 g/mol. The summed E-state index contributed by atoms with van der Waals surface area (Å²) in [6.07, 6.45) is -2.51. The molecule has 36 heavy (non-hydrogen) atoms. The van der Waals surface area contributed by atoms with Gasteiger partial charge in [0.2, 0.25) is 0 Å². The Morgan fingerprint density at radius 2 is 1.83 bits per heavy atom. The first-order valence-electron chi connectivity index (χ1n) is 10.6. The van der Waals surface area contributed by atoms with Gasteiger partial charge in [0, 0.05) is 16.7 Å². The summed E-state index contributed by atoms with van der Waals surface area (Å²) in [4.78, 5) is 37.4. The maximum Gasteiger partial charge on any atom is 0.508 e. The number of rotatable bonds is 7. The third-order valence-corrected chi connectivity index (χ3v) is 6.34. The molecule has 1 aliphatic rings. The van der Waals surface area contributed by atoms with Gasteiger partial charge < -0.3 is 19.5 Å². The molecule has 0 unspecified atom stereocenters. The summed E-state index contributed by atoms with van der Waals surface area (Å²) in [5.41, 5.74) is -0.607. The molecule has 0 aliphatic carbocycles. The number of carbonyl (C=O) groups is 3. The van der Waals surface area contributed by atoms with E-state index < -0.39 is 58.1 Å². The number of Topliss-reactive ketones (excluding diaryl/α,β-unsaturated/α-hetero) is 1. The van der Waals surface area contributed by atoms with Gasteiger partial charge in [-0.2, -0.15) is 8.42 Å². The third-order valence-electron chi connectivity index (χ3n) is 5.37. The van der Waals surface area contributed by atoms with Gasteiger partial charge in [0.1, 0.15) is 29.5 Å². The largest absolute Gasteiger partial charge is 0.508 e. The van der Waals surface area contributed by atoms with Gasteiger partial charge in [-0.05, 0) is 57.2 Å². The highest BCUT2D eigenvalue weighted by atomic mass is 35.5. The average Bonchev–Trinajstić information content (AvgIpc) is 2.76. The Labute approximate surface area is 211 Å². The lowest BCUT2D eigenvalue weighted by molar-refractivity contribution is -0.0877. The van der Waals surface area contributed by atoms with Crippen LogP contribution in [-0.2, 0) is 19.6 Å². The standard InChI is InChI=1S/C23H23ClFNO9S/c1-12(27)13-5-7-18-15(10-13)19(26-21(28)14-4-6-17(25)16(24)11-14)20(23(2,3)35-18)34-22(29)33-8-9-36(30,31)32/h4-7,10-11,19-20H,8-9H2,1-3H3,(H,26,28)(H,30,31,32)/t19-,20-/m0/s1. The molecule has 0 fully saturated rings. The van der Waals surface area contributed by atoms with E-state index in [1.54, 1.807) is 26.0 Å². The number of nitrogens with one attached hydrogen (secondary N) is 1. The van der Waals surface area contributed by atoms with E-state index in [0.717, 1.165) is 12.1 Å². The van der Waals surface area contributed by atoms with Crippen LogP contribution in [0.3, 0.4) is 0 Å². The maximum atomic E-state index is 13.6. The molecule has 194 valence electrons. The van der Waals surface area contributed by atoms with E-state index >= 15 is 0 Å². The van der Waals surface area contributed by atoms with Crippen LogP contribution >= 0.6 is 11.6 Å². The van der Waals surface area contributed by atoms with E-state index in [-0.39, 0.29) is 16.4 Å². The topological polar surface area (TPSA) is 145 Å². The fraction of sp³-hybridized carbons (Fsp3) is 0.348. The average molecular weight is 544 g/mol. The molecule has 3 rings (SSSR count). The van der Waals surface area contributed by atoms with Crippen molar-refractivity contribution < 1.29 is 46.0 Å². The summed E-state index contributed by atoms with van der Waals surface area (Å²) >= 11 is 5.80. The Hall–Kier alpha value is -3.22. The smallest absolute Gasteiger partial charge is 0.484 e. The molecule has 0 aromatic heterocycles. The molecule has 2 atom stereocenters. The summed E-state index contributed by atoms with van der Waals surface area (Å²) in [5.74, 6) is -2.20. The number of ether oxygens (including phenoxy) is 3. The molecule has 1 aliphatic heterocycles. The Morgan fingerprint density at radius 3 is 2.44 bits per heavy atom. The molecule has 1 amide bonds. The summed E-state index contributed by atoms with van der Waals surface area (Å²) in [5, 5.41) is 2.44. The lowest BCUT2D eigenvalue weighted by Gasteiger charge is -2.43. The zero-order valence-electron chi connectivity index (χ0n) is 19.4. The molecular weight excluding hydrogens is 521 g/mol. The van der Waals surface area contributed by atoms with E-state index in [1.807, 2.05) is 0 Å². The lowest BCUT2D eigenvalue weighted by atomic mass is 9.85. The molecule has 0 radical (unpaired) electrons. The zero-order chi connectivity index (χ0) is 26.8. The van der Waals surface area contributed by atoms with Crippen molar-refractivity contribution in [2.24, 2.45) is 0 Å². The third kappa shape index (κ3) is 6.50. The van der Waals surface area contributed by atoms with Gasteiger partial charge in [-0.25, -0.2) is 9.18 Å². The summed E-state index contributed by atoms with van der Waals surface area (Å²) in [6, 6.07) is 6.86. The second kappa shape index (κ2) is 10.4. The van der Waals surface area contributed by atoms with Crippen LogP contribution in [0.5, 0.6) is 5.75 Å². The van der Waals surface area contributed by atoms with Crippen LogP contribution in [0.4, 0.5) is 9.18 Å². The summed E-state index contributed by atoms with van der Waals surface area (Å²) in [6.45, 7) is 3.84. The molecule has 1 heterocycles. The van der Waals surface area contributed by atoms with Crippen molar-refractivity contribution in [1.82, 2.24) is 5.32 Å². The number of hydrogen-bond acceptors (Lipinski definition) is 8. The van der Waals surface area contributed by atoms with Crippen LogP contribution in [0.2, 0.25) is 5.02 Å². The van der Waals surface area contributed by atoms with Gasteiger partial charge in [-0.15, -0.1) is 0 Å². The van der Waals surface area contributed by atoms with E-state index in [2.05, 4.69) is 5.32 Å². The maximum absolute atomic E-state index is 13.6. The molecule has 2 aromatic rings. The number of benzene rings is 2. The predicted molar refractivity (Wildman–Crippen MR) is 125 cm³/mol. The molecular formula is C23H23ClFNO9S. The number of fused-ring (bicyclic) bond motifs is 1. The van der Waals surface area contributed by atoms with Crippen molar-refractivity contribution in [3.8, 4) is 5.75 Å². The Kier molecular flexibility index (Phi) is 7.91. The van der Waals surface area contributed by atoms with Gasteiger partial charge in [-0.1, -0.05) is 11.6 Å². The van der Waals surface area contributed by atoms with Crippen molar-refractivity contribution in [3.05, 3.63) is 63.9 Å². The van der Waals surface area contributed by atoms with Gasteiger partial charge in [-0.3, -0.25) is 14.1 Å². The highest BCUT2D eigenvalue weighted by Gasteiger charge is 2.48. The molecule has 10 nitrogen and oxygen atoms in total. The lowest BCUT2D eigenvalue weighted by Crippen LogP contribution is -2.55. The molecule has 0 spiro atoms. The zero-order valence-corrected chi connectivity index (χ0v) is 21.0. The summed E-state index contributed by atoms with van der Waals surface area (Å²) in [7, 11) is -4.38. The number of ketones is 1. The number of hydrogen-bond donors (Lipinski definition) is 2. The quantitative estimate of drug-likeness (QED) is 0.303. The molecule has 2 N–H and O–H groups in total. The van der Waals surface area contributed by atoms with Gasteiger partial charge >= 0.3 is 6.16 Å². The van der Waals surface area contributed by atoms with Crippen LogP contribution < -0.4 is 10.1 Å². The van der Waals surface area contributed by atoms with E-state index in [0.29, 0.717) is 16.9 Å². The number of carbonyl (C=O) groups excluding carboxylic acids is 3. The van der Waals surface area contributed by atoms with Crippen LogP contribution in [0.1, 0.15) is 53.1 Å². The SMILES string of the molecule is CC(=O)c1ccc2c(c1)[C@H](NC(=O)c1ccc(F)c(Cl)c1)[C@H](OC(=O)OCCS(=O)(=O)O)C(C)(C)O2. The normalized spacial score (nSPS) is 18.4. The molecule has 0 saturated carbocycles. The first-order valence-corrected chi connectivity index (χ1v) is 12.5. The first kappa shape index (κ1) is 27.4. The van der Waals surface area contributed by atoms with Crippen molar-refractivity contribution in [2.75, 3.05) is 12.4 Å². The van der Waals surface area contributed by atoms with Crippen LogP contribution in [0.15, 0.2) is 36.4 Å². The van der Waals surface area contributed by atoms with Crippen LogP contribution in [0, 0.1) is 5.82 Å². The molecule has 0 saturated heterocycles. The minimum absolute atomic E-state index is 0.0180. The fourth-order valence-electron chi connectivity index (χ4n) is 3.60. The van der Waals surface area contributed by atoms with Crippen LogP contribution in [-0.4, -0.2) is 54.9 Å². The fourth-order valence-corrected chi connectivity index (χ4v) is 4.08. The minimum Gasteiger partial charge on any atom is -0.484 e. The Morgan fingerprint density at radius 1 is 1.17 bits per heavy atom. The van der Waals surface area contributed by atoms with Crippen molar-refractivity contribution in [1.29, 1.82) is 0 Å². The predicted octanol–water partition coefficient (Wildman–Crippen LogP) is 3.73. The molecule has 0 bridgehead atoms. The first-order chi connectivity index (χ1) is 16.7. The summed E-state index contributed by atoms with van der Waals surface area (Å²) < 4.78 is 60.3. The van der Waals surface area contributed by atoms with Gasteiger partial charge in [0.25, 0.3) is 16.0 Å². The second-order valence-corrected chi connectivity index (χ2v) is 10.5.